The minimum absolute atomic E-state index is 0.0297. The van der Waals surface area contributed by atoms with Crippen LogP contribution >= 0.6 is 15.9 Å². The highest BCUT2D eigenvalue weighted by Gasteiger charge is 2.33. The van der Waals surface area contributed by atoms with E-state index >= 15 is 0 Å². The first-order valence-electron chi connectivity index (χ1n) is 6.76. The predicted octanol–water partition coefficient (Wildman–Crippen LogP) is 2.66. The number of nitrogens with one attached hydrogen (secondary N) is 1. The van der Waals surface area contributed by atoms with E-state index in [-0.39, 0.29) is 17.9 Å². The summed E-state index contributed by atoms with van der Waals surface area (Å²) in [5.41, 5.74) is 0.931. The Kier molecular flexibility index (Phi) is 4.99. The topological polar surface area (TPSA) is 49.3 Å². The van der Waals surface area contributed by atoms with Crippen LogP contribution in [0.4, 0.5) is 0 Å². The summed E-state index contributed by atoms with van der Waals surface area (Å²) in [6.07, 6.45) is 4.74. The molecule has 0 spiro atoms. The highest BCUT2D eigenvalue weighted by molar-refractivity contribution is 9.10. The van der Waals surface area contributed by atoms with Crippen LogP contribution in [0.1, 0.15) is 31.2 Å². The lowest BCUT2D eigenvalue weighted by atomic mass is 9.87. The first-order valence-corrected chi connectivity index (χ1v) is 7.55. The maximum Gasteiger partial charge on any atom is 0.224 e. The molecule has 3 nitrogen and oxygen atoms in total. The van der Waals surface area contributed by atoms with E-state index in [2.05, 4.69) is 21.2 Å². The van der Waals surface area contributed by atoms with Crippen LogP contribution in [-0.4, -0.2) is 24.2 Å². The van der Waals surface area contributed by atoms with Crippen molar-refractivity contribution in [3.8, 4) is 0 Å². The van der Waals surface area contributed by atoms with E-state index in [1.54, 1.807) is 0 Å². The Labute approximate surface area is 122 Å². The van der Waals surface area contributed by atoms with Gasteiger partial charge in [0.1, 0.15) is 0 Å². The third-order valence-electron chi connectivity index (χ3n) is 3.94. The third-order valence-corrected chi connectivity index (χ3v) is 4.47. The van der Waals surface area contributed by atoms with Crippen molar-refractivity contribution in [2.24, 2.45) is 5.41 Å². The summed E-state index contributed by atoms with van der Waals surface area (Å²) in [6.45, 7) is 0.768. The number of benzene rings is 1. The van der Waals surface area contributed by atoms with Crippen molar-refractivity contribution < 1.29 is 9.90 Å². The lowest BCUT2D eigenvalue weighted by Gasteiger charge is -2.26. The maximum atomic E-state index is 11.9. The third kappa shape index (κ3) is 4.05. The number of rotatable bonds is 5. The molecule has 104 valence electrons. The van der Waals surface area contributed by atoms with Gasteiger partial charge < -0.3 is 10.4 Å². The zero-order valence-electron chi connectivity index (χ0n) is 11.0. The van der Waals surface area contributed by atoms with Crippen molar-refractivity contribution >= 4 is 21.8 Å². The van der Waals surface area contributed by atoms with Gasteiger partial charge in [-0.05, 0) is 30.5 Å². The molecule has 1 aliphatic rings. The molecule has 1 aromatic carbocycles. The van der Waals surface area contributed by atoms with Gasteiger partial charge in [0.25, 0.3) is 0 Å². The maximum absolute atomic E-state index is 11.9. The molecule has 4 heteroatoms. The van der Waals surface area contributed by atoms with Gasteiger partial charge in [-0.1, -0.05) is 40.9 Å². The molecule has 0 atom stereocenters. The van der Waals surface area contributed by atoms with E-state index in [9.17, 15) is 9.90 Å². The van der Waals surface area contributed by atoms with Crippen molar-refractivity contribution in [1.29, 1.82) is 0 Å². The monoisotopic (exact) mass is 325 g/mol. The molecule has 0 aromatic heterocycles. The molecule has 1 aromatic rings. The highest BCUT2D eigenvalue weighted by Crippen LogP contribution is 2.36. The van der Waals surface area contributed by atoms with Crippen molar-refractivity contribution in [2.45, 2.75) is 32.1 Å². The number of aliphatic hydroxyl groups excluding tert-OH is 1. The minimum Gasteiger partial charge on any atom is -0.396 e. The molecule has 0 saturated heterocycles. The van der Waals surface area contributed by atoms with Crippen molar-refractivity contribution in [3.63, 3.8) is 0 Å². The molecule has 2 N–H and O–H groups in total. The summed E-state index contributed by atoms with van der Waals surface area (Å²) in [6, 6.07) is 7.77. The van der Waals surface area contributed by atoms with Crippen molar-refractivity contribution in [2.75, 3.05) is 13.2 Å². The molecule has 0 bridgehead atoms. The molecule has 1 fully saturated rings. The first-order chi connectivity index (χ1) is 9.13. The molecule has 1 amide bonds. The fourth-order valence-corrected chi connectivity index (χ4v) is 2.92. The van der Waals surface area contributed by atoms with E-state index in [4.69, 9.17) is 0 Å². The van der Waals surface area contributed by atoms with Gasteiger partial charge in [-0.2, -0.15) is 0 Å². The number of carbonyl (C=O) groups excluding carboxylic acids is 1. The molecule has 0 heterocycles. The quantitative estimate of drug-likeness (QED) is 0.874. The summed E-state index contributed by atoms with van der Waals surface area (Å²) in [4.78, 5) is 11.9. The van der Waals surface area contributed by atoms with Crippen LogP contribution in [-0.2, 0) is 11.2 Å². The van der Waals surface area contributed by atoms with E-state index in [1.807, 2.05) is 24.3 Å². The van der Waals surface area contributed by atoms with Gasteiger partial charge in [0, 0.05) is 16.4 Å². The number of hydrogen-bond acceptors (Lipinski definition) is 2. The normalized spacial score (nSPS) is 17.4. The second-order valence-electron chi connectivity index (χ2n) is 5.45. The number of aliphatic hydroxyl groups is 1. The van der Waals surface area contributed by atoms with Gasteiger partial charge in [-0.15, -0.1) is 0 Å². The zero-order valence-corrected chi connectivity index (χ0v) is 12.6. The summed E-state index contributed by atoms with van der Waals surface area (Å²) in [7, 11) is 0. The van der Waals surface area contributed by atoms with Gasteiger partial charge >= 0.3 is 0 Å². The van der Waals surface area contributed by atoms with Crippen LogP contribution in [0.25, 0.3) is 0 Å². The Balaban J connectivity index is 1.82. The number of halogens is 1. The Hall–Kier alpha value is -0.870. The van der Waals surface area contributed by atoms with Gasteiger partial charge in [0.2, 0.25) is 5.91 Å². The fourth-order valence-electron chi connectivity index (χ4n) is 2.65. The first kappa shape index (κ1) is 14.5. The van der Waals surface area contributed by atoms with Gasteiger partial charge in [-0.25, -0.2) is 0 Å². The Bertz CT molecular complexity index is 424. The number of amides is 1. The van der Waals surface area contributed by atoms with Gasteiger partial charge in [-0.3, -0.25) is 4.79 Å². The Morgan fingerprint density at radius 3 is 2.47 bits per heavy atom. The van der Waals surface area contributed by atoms with Crippen LogP contribution in [0, 0.1) is 5.41 Å². The van der Waals surface area contributed by atoms with Crippen molar-refractivity contribution in [1.82, 2.24) is 5.32 Å². The smallest absolute Gasteiger partial charge is 0.224 e. The fraction of sp³-hybridized carbons (Fsp3) is 0.533. The molecule has 0 unspecified atom stereocenters. The van der Waals surface area contributed by atoms with Crippen LogP contribution in [0.15, 0.2) is 28.7 Å². The van der Waals surface area contributed by atoms with E-state index in [1.165, 1.54) is 0 Å². The van der Waals surface area contributed by atoms with Crippen LogP contribution < -0.4 is 5.32 Å². The average Bonchev–Trinajstić information content (AvgIpc) is 2.89. The van der Waals surface area contributed by atoms with Crippen LogP contribution in [0.2, 0.25) is 0 Å². The molecule has 0 radical (unpaired) electrons. The Morgan fingerprint density at radius 1 is 1.26 bits per heavy atom. The van der Waals surface area contributed by atoms with E-state index in [0.29, 0.717) is 13.0 Å². The Morgan fingerprint density at radius 2 is 1.89 bits per heavy atom. The van der Waals surface area contributed by atoms with Crippen LogP contribution in [0.3, 0.4) is 0 Å². The summed E-state index contributed by atoms with van der Waals surface area (Å²) in [5, 5.41) is 12.5. The van der Waals surface area contributed by atoms with E-state index < -0.39 is 0 Å². The lowest BCUT2D eigenvalue weighted by Crippen LogP contribution is -2.38. The second kappa shape index (κ2) is 6.53. The SMILES string of the molecule is O=C(Cc1ccc(Br)cc1)NCC1(CO)CCCC1. The molecule has 0 aliphatic heterocycles. The number of hydrogen-bond donors (Lipinski definition) is 2. The van der Waals surface area contributed by atoms with Gasteiger partial charge in [0.05, 0.1) is 13.0 Å². The summed E-state index contributed by atoms with van der Waals surface area (Å²) in [5.74, 6) is 0.0297. The minimum atomic E-state index is -0.0740. The molecular weight excluding hydrogens is 306 g/mol. The average molecular weight is 326 g/mol. The molecule has 1 saturated carbocycles. The standard InChI is InChI=1S/C15H20BrNO2/c16-13-5-3-12(4-6-13)9-14(19)17-10-15(11-18)7-1-2-8-15/h3-6,18H,1-2,7-11H2,(H,17,19). The predicted molar refractivity (Wildman–Crippen MR) is 78.8 cm³/mol. The summed E-state index contributed by atoms with van der Waals surface area (Å²) < 4.78 is 1.02. The second-order valence-corrected chi connectivity index (χ2v) is 6.36. The number of carbonyl (C=O) groups is 1. The molecular formula is C15H20BrNO2. The molecule has 19 heavy (non-hydrogen) atoms. The largest absolute Gasteiger partial charge is 0.396 e. The molecule has 1 aliphatic carbocycles. The lowest BCUT2D eigenvalue weighted by molar-refractivity contribution is -0.121. The van der Waals surface area contributed by atoms with Crippen LogP contribution in [0.5, 0.6) is 0 Å². The summed E-state index contributed by atoms with van der Waals surface area (Å²) >= 11 is 3.38. The highest BCUT2D eigenvalue weighted by atomic mass is 79.9. The van der Waals surface area contributed by atoms with Crippen molar-refractivity contribution in [3.05, 3.63) is 34.3 Å². The zero-order chi connectivity index (χ0) is 13.7. The van der Waals surface area contributed by atoms with E-state index in [0.717, 1.165) is 35.7 Å². The van der Waals surface area contributed by atoms with Gasteiger partial charge in [0.15, 0.2) is 0 Å². The molecule has 2 rings (SSSR count).